The van der Waals surface area contributed by atoms with E-state index in [0.717, 1.165) is 0 Å². The molecule has 0 saturated carbocycles. The molecule has 112 valence electrons. The van der Waals surface area contributed by atoms with Crippen LogP contribution in [0, 0.1) is 0 Å². The Labute approximate surface area is 118 Å². The third kappa shape index (κ3) is 5.07. The molecule has 1 atom stereocenters. The Morgan fingerprint density at radius 1 is 1.35 bits per heavy atom. The number of ether oxygens (including phenoxy) is 2. The summed E-state index contributed by atoms with van der Waals surface area (Å²) in [7, 11) is 3.10. The van der Waals surface area contributed by atoms with Crippen molar-refractivity contribution in [3.05, 3.63) is 23.8 Å². The van der Waals surface area contributed by atoms with Crippen LogP contribution in [0.5, 0.6) is 11.5 Å². The SMILES string of the molecule is COc1ccc(OC)c(C(O)CNCCCC(=O)O)c1. The van der Waals surface area contributed by atoms with Crippen LogP contribution in [-0.4, -0.2) is 43.5 Å². The maximum Gasteiger partial charge on any atom is 0.303 e. The number of carboxylic acids is 1. The highest BCUT2D eigenvalue weighted by Gasteiger charge is 2.14. The molecule has 6 heteroatoms. The first-order valence-electron chi connectivity index (χ1n) is 6.41. The van der Waals surface area contributed by atoms with Gasteiger partial charge in [0.2, 0.25) is 0 Å². The largest absolute Gasteiger partial charge is 0.497 e. The number of carbonyl (C=O) groups is 1. The van der Waals surface area contributed by atoms with Gasteiger partial charge in [-0.15, -0.1) is 0 Å². The summed E-state index contributed by atoms with van der Waals surface area (Å²) in [5.74, 6) is 0.415. The Kier molecular flexibility index (Phi) is 6.83. The van der Waals surface area contributed by atoms with E-state index in [1.165, 1.54) is 7.11 Å². The van der Waals surface area contributed by atoms with E-state index in [0.29, 0.717) is 36.6 Å². The van der Waals surface area contributed by atoms with Crippen molar-refractivity contribution in [1.82, 2.24) is 5.32 Å². The van der Waals surface area contributed by atoms with Crippen molar-refractivity contribution in [2.45, 2.75) is 18.9 Å². The third-order valence-corrected chi connectivity index (χ3v) is 2.88. The summed E-state index contributed by atoms with van der Waals surface area (Å²) in [4.78, 5) is 10.4. The van der Waals surface area contributed by atoms with Crippen LogP contribution in [0.3, 0.4) is 0 Å². The number of aliphatic hydroxyl groups is 1. The second-order valence-corrected chi connectivity index (χ2v) is 4.33. The fourth-order valence-corrected chi connectivity index (χ4v) is 1.81. The van der Waals surface area contributed by atoms with E-state index in [1.807, 2.05) is 0 Å². The van der Waals surface area contributed by atoms with Crippen LogP contribution in [0.4, 0.5) is 0 Å². The molecule has 0 radical (unpaired) electrons. The first-order valence-corrected chi connectivity index (χ1v) is 6.41. The van der Waals surface area contributed by atoms with Crippen molar-refractivity contribution >= 4 is 5.97 Å². The minimum atomic E-state index is -0.818. The molecule has 0 aromatic heterocycles. The smallest absolute Gasteiger partial charge is 0.303 e. The van der Waals surface area contributed by atoms with E-state index < -0.39 is 12.1 Å². The molecule has 1 unspecified atom stereocenters. The Morgan fingerprint density at radius 2 is 2.10 bits per heavy atom. The molecule has 0 saturated heterocycles. The molecule has 0 heterocycles. The summed E-state index contributed by atoms with van der Waals surface area (Å²) >= 11 is 0. The first kappa shape index (κ1) is 16.3. The molecule has 0 amide bonds. The van der Waals surface area contributed by atoms with Crippen molar-refractivity contribution in [2.24, 2.45) is 0 Å². The molecule has 1 aromatic rings. The van der Waals surface area contributed by atoms with Gasteiger partial charge in [-0.05, 0) is 31.2 Å². The zero-order chi connectivity index (χ0) is 15.0. The van der Waals surface area contributed by atoms with Crippen LogP contribution in [-0.2, 0) is 4.79 Å². The van der Waals surface area contributed by atoms with Crippen LogP contribution in [0.25, 0.3) is 0 Å². The topological polar surface area (TPSA) is 88.0 Å². The van der Waals surface area contributed by atoms with E-state index in [4.69, 9.17) is 14.6 Å². The lowest BCUT2D eigenvalue weighted by atomic mass is 10.1. The molecule has 0 aliphatic heterocycles. The number of rotatable bonds is 9. The molecule has 3 N–H and O–H groups in total. The van der Waals surface area contributed by atoms with Gasteiger partial charge in [-0.25, -0.2) is 0 Å². The van der Waals surface area contributed by atoms with E-state index in [1.54, 1.807) is 25.3 Å². The van der Waals surface area contributed by atoms with Gasteiger partial charge in [0, 0.05) is 18.5 Å². The van der Waals surface area contributed by atoms with Crippen LogP contribution < -0.4 is 14.8 Å². The number of carboxylic acid groups (broad SMARTS) is 1. The normalized spacial score (nSPS) is 11.9. The molecule has 0 bridgehead atoms. The van der Waals surface area contributed by atoms with Gasteiger partial charge in [-0.3, -0.25) is 4.79 Å². The molecule has 1 aromatic carbocycles. The number of aliphatic hydroxyl groups excluding tert-OH is 1. The molecule has 0 aliphatic rings. The quantitative estimate of drug-likeness (QED) is 0.590. The van der Waals surface area contributed by atoms with Crippen LogP contribution in [0.2, 0.25) is 0 Å². The molecule has 1 rings (SSSR count). The van der Waals surface area contributed by atoms with Gasteiger partial charge in [-0.2, -0.15) is 0 Å². The summed E-state index contributed by atoms with van der Waals surface area (Å²) in [5, 5.41) is 21.7. The minimum Gasteiger partial charge on any atom is -0.497 e. The van der Waals surface area contributed by atoms with Crippen molar-refractivity contribution < 1.29 is 24.5 Å². The van der Waals surface area contributed by atoms with Crippen LogP contribution in [0.1, 0.15) is 24.5 Å². The van der Waals surface area contributed by atoms with Gasteiger partial charge in [-0.1, -0.05) is 0 Å². The van der Waals surface area contributed by atoms with Crippen molar-refractivity contribution in [2.75, 3.05) is 27.3 Å². The van der Waals surface area contributed by atoms with E-state index >= 15 is 0 Å². The summed E-state index contributed by atoms with van der Waals surface area (Å²) < 4.78 is 10.3. The molecule has 0 fully saturated rings. The highest BCUT2D eigenvalue weighted by Crippen LogP contribution is 2.28. The lowest BCUT2D eigenvalue weighted by Crippen LogP contribution is -2.23. The number of nitrogens with one attached hydrogen (secondary N) is 1. The van der Waals surface area contributed by atoms with Crippen molar-refractivity contribution in [3.8, 4) is 11.5 Å². The lowest BCUT2D eigenvalue weighted by molar-refractivity contribution is -0.137. The predicted molar refractivity (Wildman–Crippen MR) is 74.2 cm³/mol. The van der Waals surface area contributed by atoms with Gasteiger partial charge in [0.15, 0.2) is 0 Å². The minimum absolute atomic E-state index is 0.117. The second kappa shape index (κ2) is 8.39. The Balaban J connectivity index is 2.53. The van der Waals surface area contributed by atoms with Gasteiger partial charge < -0.3 is 25.0 Å². The van der Waals surface area contributed by atoms with Gasteiger partial charge >= 0.3 is 5.97 Å². The fraction of sp³-hybridized carbons (Fsp3) is 0.500. The molecule has 6 nitrogen and oxygen atoms in total. The maximum absolute atomic E-state index is 10.4. The number of aliphatic carboxylic acids is 1. The van der Waals surface area contributed by atoms with Crippen LogP contribution in [0.15, 0.2) is 18.2 Å². The summed E-state index contributed by atoms with van der Waals surface area (Å²) in [6.07, 6.45) is -0.104. The van der Waals surface area contributed by atoms with E-state index in [9.17, 15) is 9.90 Å². The van der Waals surface area contributed by atoms with E-state index in [-0.39, 0.29) is 6.42 Å². The molecule has 0 aliphatic carbocycles. The van der Waals surface area contributed by atoms with Gasteiger partial charge in [0.1, 0.15) is 11.5 Å². The van der Waals surface area contributed by atoms with Crippen LogP contribution >= 0.6 is 0 Å². The summed E-state index contributed by atoms with van der Waals surface area (Å²) in [6, 6.07) is 5.22. The van der Waals surface area contributed by atoms with E-state index in [2.05, 4.69) is 5.32 Å². The predicted octanol–water partition coefficient (Wildman–Crippen LogP) is 1.19. The lowest BCUT2D eigenvalue weighted by Gasteiger charge is -2.16. The number of hydrogen-bond acceptors (Lipinski definition) is 5. The Morgan fingerprint density at radius 3 is 2.70 bits per heavy atom. The molecular weight excluding hydrogens is 262 g/mol. The third-order valence-electron chi connectivity index (χ3n) is 2.88. The monoisotopic (exact) mass is 283 g/mol. The molecular formula is C14H21NO5. The number of methoxy groups -OCH3 is 2. The standard InChI is InChI=1S/C14H21NO5/c1-19-10-5-6-13(20-2)11(8-10)12(16)9-15-7-3-4-14(17)18/h5-6,8,12,15-16H,3-4,7,9H2,1-2H3,(H,17,18). The second-order valence-electron chi connectivity index (χ2n) is 4.33. The number of benzene rings is 1. The van der Waals surface area contributed by atoms with Crippen molar-refractivity contribution in [3.63, 3.8) is 0 Å². The zero-order valence-electron chi connectivity index (χ0n) is 11.8. The maximum atomic E-state index is 10.4. The highest BCUT2D eigenvalue weighted by molar-refractivity contribution is 5.66. The van der Waals surface area contributed by atoms with Gasteiger partial charge in [0.25, 0.3) is 0 Å². The highest BCUT2D eigenvalue weighted by atomic mass is 16.5. The molecule has 20 heavy (non-hydrogen) atoms. The fourth-order valence-electron chi connectivity index (χ4n) is 1.81. The Bertz CT molecular complexity index is 436. The number of hydrogen-bond donors (Lipinski definition) is 3. The molecule has 0 spiro atoms. The zero-order valence-corrected chi connectivity index (χ0v) is 11.8. The summed E-state index contributed by atoms with van der Waals surface area (Å²) in [5.41, 5.74) is 0.637. The average molecular weight is 283 g/mol. The summed E-state index contributed by atoms with van der Waals surface area (Å²) in [6.45, 7) is 0.860. The average Bonchev–Trinajstić information content (AvgIpc) is 2.45. The Hall–Kier alpha value is -1.79. The van der Waals surface area contributed by atoms with Crippen molar-refractivity contribution in [1.29, 1.82) is 0 Å². The first-order chi connectivity index (χ1) is 9.58. The van der Waals surface area contributed by atoms with Gasteiger partial charge in [0.05, 0.1) is 20.3 Å².